The molecule has 0 saturated heterocycles. The van der Waals surface area contributed by atoms with Gasteiger partial charge >= 0.3 is 0 Å². The van der Waals surface area contributed by atoms with E-state index < -0.39 is 0 Å². The Morgan fingerprint density at radius 1 is 1.00 bits per heavy atom. The van der Waals surface area contributed by atoms with Crippen LogP contribution in [-0.2, 0) is 0 Å². The Labute approximate surface area is 100 Å². The molecule has 0 heterocycles. The quantitative estimate of drug-likeness (QED) is 0.794. The van der Waals surface area contributed by atoms with E-state index in [0.29, 0.717) is 11.8 Å². The molecule has 1 rings (SSSR count). The van der Waals surface area contributed by atoms with Crippen molar-refractivity contribution in [3.05, 3.63) is 35.4 Å². The molecule has 2 unspecified atom stereocenters. The predicted octanol–water partition coefficient (Wildman–Crippen LogP) is 4.04. The molecule has 1 aromatic carbocycles. The Kier molecular flexibility index (Phi) is 5.01. The van der Waals surface area contributed by atoms with Crippen molar-refractivity contribution in [2.75, 3.05) is 0 Å². The van der Waals surface area contributed by atoms with E-state index in [4.69, 9.17) is 5.73 Å². The van der Waals surface area contributed by atoms with Gasteiger partial charge < -0.3 is 5.73 Å². The van der Waals surface area contributed by atoms with Gasteiger partial charge in [0.05, 0.1) is 0 Å². The average Bonchev–Trinajstić information content (AvgIpc) is 2.28. The normalized spacial score (nSPS) is 15.1. The third kappa shape index (κ3) is 3.34. The maximum atomic E-state index is 6.16. The van der Waals surface area contributed by atoms with Crippen LogP contribution in [0.4, 0.5) is 0 Å². The van der Waals surface area contributed by atoms with Crippen LogP contribution in [0.5, 0.6) is 0 Å². The second-order valence-electron chi connectivity index (χ2n) is 5.06. The molecule has 16 heavy (non-hydrogen) atoms. The largest absolute Gasteiger partial charge is 0.327 e. The van der Waals surface area contributed by atoms with Crippen LogP contribution in [0.1, 0.15) is 63.5 Å². The zero-order valence-corrected chi connectivity index (χ0v) is 11.0. The first-order valence-electron chi connectivity index (χ1n) is 6.41. The molecule has 1 nitrogen and oxygen atoms in total. The van der Waals surface area contributed by atoms with Gasteiger partial charge in [-0.2, -0.15) is 0 Å². The lowest BCUT2D eigenvalue weighted by Crippen LogP contribution is -2.26. The summed E-state index contributed by atoms with van der Waals surface area (Å²) in [5.41, 5.74) is 8.93. The van der Waals surface area contributed by atoms with Crippen LogP contribution < -0.4 is 5.73 Å². The fourth-order valence-electron chi connectivity index (χ4n) is 2.01. The zero-order valence-electron chi connectivity index (χ0n) is 11.0. The van der Waals surface area contributed by atoms with Crippen molar-refractivity contribution in [2.45, 2.75) is 58.4 Å². The Hall–Kier alpha value is -0.820. The van der Waals surface area contributed by atoms with E-state index in [2.05, 4.69) is 52.0 Å². The first kappa shape index (κ1) is 13.2. The van der Waals surface area contributed by atoms with E-state index in [9.17, 15) is 0 Å². The van der Waals surface area contributed by atoms with Crippen molar-refractivity contribution in [2.24, 2.45) is 5.73 Å². The minimum Gasteiger partial charge on any atom is -0.327 e. The molecule has 0 aliphatic heterocycles. The summed E-state index contributed by atoms with van der Waals surface area (Å²) >= 11 is 0. The van der Waals surface area contributed by atoms with Crippen LogP contribution in [0.15, 0.2) is 24.3 Å². The molecule has 0 fully saturated rings. The van der Waals surface area contributed by atoms with Gasteiger partial charge in [0, 0.05) is 6.04 Å². The minimum absolute atomic E-state index is 0.287. The third-order valence-corrected chi connectivity index (χ3v) is 3.39. The van der Waals surface area contributed by atoms with E-state index in [0.717, 1.165) is 12.8 Å². The van der Waals surface area contributed by atoms with Gasteiger partial charge in [0.25, 0.3) is 0 Å². The molecular weight excluding hydrogens is 194 g/mol. The molecule has 1 aromatic rings. The molecule has 0 aliphatic rings. The van der Waals surface area contributed by atoms with Gasteiger partial charge in [-0.05, 0) is 29.4 Å². The second kappa shape index (κ2) is 6.05. The predicted molar refractivity (Wildman–Crippen MR) is 71.8 cm³/mol. The summed E-state index contributed by atoms with van der Waals surface area (Å²) in [6.07, 6.45) is 2.27. The standard InChI is InChI=1S/C15H25N/c1-5-6-15(16)12(4)14-9-7-13(8-10-14)11(2)3/h7-12,15H,5-6,16H2,1-4H3. The van der Waals surface area contributed by atoms with E-state index in [1.165, 1.54) is 11.1 Å². The van der Waals surface area contributed by atoms with Crippen LogP contribution in [0.25, 0.3) is 0 Å². The van der Waals surface area contributed by atoms with Gasteiger partial charge in [-0.25, -0.2) is 0 Å². The second-order valence-corrected chi connectivity index (χ2v) is 5.06. The Bertz CT molecular complexity index is 300. The van der Waals surface area contributed by atoms with Crippen molar-refractivity contribution in [1.82, 2.24) is 0 Å². The number of hydrogen-bond donors (Lipinski definition) is 1. The highest BCUT2D eigenvalue weighted by molar-refractivity contribution is 5.27. The highest BCUT2D eigenvalue weighted by Crippen LogP contribution is 2.23. The van der Waals surface area contributed by atoms with Crippen LogP contribution >= 0.6 is 0 Å². The minimum atomic E-state index is 0.287. The summed E-state index contributed by atoms with van der Waals surface area (Å²) in [6.45, 7) is 8.86. The lowest BCUT2D eigenvalue weighted by atomic mass is 9.90. The molecule has 0 radical (unpaired) electrons. The molecule has 0 bridgehead atoms. The number of nitrogens with two attached hydrogens (primary N) is 1. The van der Waals surface area contributed by atoms with Crippen LogP contribution in [0, 0.1) is 0 Å². The van der Waals surface area contributed by atoms with Crippen LogP contribution in [-0.4, -0.2) is 6.04 Å². The van der Waals surface area contributed by atoms with E-state index >= 15 is 0 Å². The summed E-state index contributed by atoms with van der Waals surface area (Å²) in [5, 5.41) is 0. The maximum Gasteiger partial charge on any atom is 0.0105 e. The molecule has 0 amide bonds. The molecule has 0 spiro atoms. The number of benzene rings is 1. The van der Waals surface area contributed by atoms with Gasteiger partial charge in [-0.1, -0.05) is 58.4 Å². The molecule has 2 atom stereocenters. The molecule has 90 valence electrons. The molecule has 2 N–H and O–H groups in total. The number of hydrogen-bond acceptors (Lipinski definition) is 1. The first-order valence-corrected chi connectivity index (χ1v) is 6.41. The van der Waals surface area contributed by atoms with E-state index in [-0.39, 0.29) is 6.04 Å². The van der Waals surface area contributed by atoms with Crippen molar-refractivity contribution in [1.29, 1.82) is 0 Å². The zero-order chi connectivity index (χ0) is 12.1. The Morgan fingerprint density at radius 3 is 1.94 bits per heavy atom. The van der Waals surface area contributed by atoms with Gasteiger partial charge in [0.1, 0.15) is 0 Å². The lowest BCUT2D eigenvalue weighted by molar-refractivity contribution is 0.522. The van der Waals surface area contributed by atoms with E-state index in [1.807, 2.05) is 0 Å². The topological polar surface area (TPSA) is 26.0 Å². The fourth-order valence-corrected chi connectivity index (χ4v) is 2.01. The molecular formula is C15H25N. The van der Waals surface area contributed by atoms with Crippen molar-refractivity contribution in [3.63, 3.8) is 0 Å². The number of rotatable bonds is 5. The summed E-state index contributed by atoms with van der Waals surface area (Å²) in [7, 11) is 0. The summed E-state index contributed by atoms with van der Waals surface area (Å²) in [4.78, 5) is 0. The maximum absolute atomic E-state index is 6.16. The smallest absolute Gasteiger partial charge is 0.0105 e. The summed E-state index contributed by atoms with van der Waals surface area (Å²) < 4.78 is 0. The highest BCUT2D eigenvalue weighted by Gasteiger charge is 2.13. The van der Waals surface area contributed by atoms with Crippen LogP contribution in [0.3, 0.4) is 0 Å². The van der Waals surface area contributed by atoms with Gasteiger partial charge in [0.15, 0.2) is 0 Å². The van der Waals surface area contributed by atoms with Crippen molar-refractivity contribution in [3.8, 4) is 0 Å². The molecule has 1 heteroatoms. The lowest BCUT2D eigenvalue weighted by Gasteiger charge is -2.20. The van der Waals surface area contributed by atoms with Crippen molar-refractivity contribution < 1.29 is 0 Å². The molecule has 0 saturated carbocycles. The van der Waals surface area contributed by atoms with Gasteiger partial charge in [-0.15, -0.1) is 0 Å². The summed E-state index contributed by atoms with van der Waals surface area (Å²) in [6, 6.07) is 9.21. The highest BCUT2D eigenvalue weighted by atomic mass is 14.6. The third-order valence-electron chi connectivity index (χ3n) is 3.39. The van der Waals surface area contributed by atoms with Crippen LogP contribution in [0.2, 0.25) is 0 Å². The van der Waals surface area contributed by atoms with Gasteiger partial charge in [0.2, 0.25) is 0 Å². The molecule has 0 aromatic heterocycles. The fraction of sp³-hybridized carbons (Fsp3) is 0.600. The Balaban J connectivity index is 2.73. The van der Waals surface area contributed by atoms with E-state index in [1.54, 1.807) is 0 Å². The SMILES string of the molecule is CCCC(N)C(C)c1ccc(C(C)C)cc1. The summed E-state index contributed by atoms with van der Waals surface area (Å²) in [5.74, 6) is 1.06. The first-order chi connectivity index (χ1) is 7.56. The van der Waals surface area contributed by atoms with Crippen molar-refractivity contribution >= 4 is 0 Å². The van der Waals surface area contributed by atoms with Gasteiger partial charge in [-0.3, -0.25) is 0 Å². The molecule has 0 aliphatic carbocycles. The average molecular weight is 219 g/mol. The Morgan fingerprint density at radius 2 is 1.50 bits per heavy atom. The monoisotopic (exact) mass is 219 g/mol.